The lowest BCUT2D eigenvalue weighted by molar-refractivity contribution is -0.0116. The number of aromatic nitrogens is 4. The number of rotatable bonds is 7. The summed E-state index contributed by atoms with van der Waals surface area (Å²) >= 11 is 5.88. The molecule has 7 heteroatoms. The maximum Gasteiger partial charge on any atom is 0.204 e. The number of tetrazole rings is 1. The van der Waals surface area contributed by atoms with E-state index in [-0.39, 0.29) is 19.3 Å². The number of hydrogen-bond donors (Lipinski definition) is 1. The monoisotopic (exact) mass is 372 g/mol. The van der Waals surface area contributed by atoms with E-state index < -0.39 is 6.10 Å². The lowest BCUT2D eigenvalue weighted by Crippen LogP contribution is -2.24. The maximum absolute atomic E-state index is 10.2. The van der Waals surface area contributed by atoms with Crippen LogP contribution in [0.5, 0.6) is 0 Å². The van der Waals surface area contributed by atoms with E-state index in [1.807, 2.05) is 62.4 Å². The van der Waals surface area contributed by atoms with Gasteiger partial charge in [0.25, 0.3) is 0 Å². The highest BCUT2D eigenvalue weighted by molar-refractivity contribution is 6.30. The quantitative estimate of drug-likeness (QED) is 0.687. The van der Waals surface area contributed by atoms with Crippen LogP contribution in [-0.4, -0.2) is 38.0 Å². The average molecular weight is 373 g/mol. The first kappa shape index (κ1) is 18.5. The van der Waals surface area contributed by atoms with E-state index in [0.29, 0.717) is 10.8 Å². The molecular formula is C19H21ClN4O2. The number of aliphatic hydroxyl groups is 1. The summed E-state index contributed by atoms with van der Waals surface area (Å²) in [5.41, 5.74) is 3.06. The highest BCUT2D eigenvalue weighted by atomic mass is 35.5. The van der Waals surface area contributed by atoms with Crippen molar-refractivity contribution in [1.29, 1.82) is 0 Å². The number of aryl methyl sites for hydroxylation is 1. The van der Waals surface area contributed by atoms with Crippen LogP contribution in [0.4, 0.5) is 0 Å². The van der Waals surface area contributed by atoms with Gasteiger partial charge in [-0.2, -0.15) is 4.80 Å². The molecule has 0 amide bonds. The van der Waals surface area contributed by atoms with Crippen molar-refractivity contribution in [3.63, 3.8) is 0 Å². The van der Waals surface area contributed by atoms with E-state index in [9.17, 15) is 5.11 Å². The van der Waals surface area contributed by atoms with Gasteiger partial charge >= 0.3 is 0 Å². The molecule has 0 saturated heterocycles. The molecule has 0 spiro atoms. The van der Waals surface area contributed by atoms with Gasteiger partial charge < -0.3 is 9.84 Å². The topological polar surface area (TPSA) is 73.1 Å². The molecule has 2 atom stereocenters. The van der Waals surface area contributed by atoms with Crippen molar-refractivity contribution in [2.75, 3.05) is 6.61 Å². The summed E-state index contributed by atoms with van der Waals surface area (Å²) in [6.45, 7) is 4.34. The summed E-state index contributed by atoms with van der Waals surface area (Å²) in [5.74, 6) is 0.535. The molecule has 3 rings (SSSR count). The summed E-state index contributed by atoms with van der Waals surface area (Å²) in [7, 11) is 0. The van der Waals surface area contributed by atoms with Crippen LogP contribution in [0.2, 0.25) is 5.02 Å². The van der Waals surface area contributed by atoms with Crippen LogP contribution in [0.3, 0.4) is 0 Å². The van der Waals surface area contributed by atoms with Crippen LogP contribution < -0.4 is 0 Å². The Kier molecular flexibility index (Phi) is 5.98. The third kappa shape index (κ3) is 4.88. The lowest BCUT2D eigenvalue weighted by Gasteiger charge is -2.16. The Morgan fingerprint density at radius 1 is 1.12 bits per heavy atom. The standard InChI is InChI=1S/C19H21ClN4O2/c1-13-3-5-16(6-4-13)19-21-23-24(22-19)11-18(25)12-26-14(2)15-7-9-17(20)10-8-15/h3-10,14,18,25H,11-12H2,1-2H3/t14-,18+/m1/s1. The molecule has 0 bridgehead atoms. The fourth-order valence-electron chi connectivity index (χ4n) is 2.47. The van der Waals surface area contributed by atoms with Crippen LogP contribution in [0.15, 0.2) is 48.5 Å². The van der Waals surface area contributed by atoms with E-state index in [4.69, 9.17) is 16.3 Å². The van der Waals surface area contributed by atoms with E-state index >= 15 is 0 Å². The average Bonchev–Trinajstić information content (AvgIpc) is 3.09. The Bertz CT molecular complexity index is 834. The van der Waals surface area contributed by atoms with Crippen LogP contribution in [0, 0.1) is 6.92 Å². The van der Waals surface area contributed by atoms with Crippen molar-refractivity contribution in [3.05, 3.63) is 64.7 Å². The first-order chi connectivity index (χ1) is 12.5. The number of halogens is 1. The molecule has 26 heavy (non-hydrogen) atoms. The highest BCUT2D eigenvalue weighted by Crippen LogP contribution is 2.19. The zero-order chi connectivity index (χ0) is 18.5. The first-order valence-corrected chi connectivity index (χ1v) is 8.79. The summed E-state index contributed by atoms with van der Waals surface area (Å²) in [4.78, 5) is 1.39. The van der Waals surface area contributed by atoms with Gasteiger partial charge in [-0.25, -0.2) is 0 Å². The van der Waals surface area contributed by atoms with Crippen LogP contribution in [0.25, 0.3) is 11.4 Å². The van der Waals surface area contributed by atoms with Gasteiger partial charge in [-0.1, -0.05) is 53.6 Å². The summed E-state index contributed by atoms with van der Waals surface area (Å²) in [5, 5.41) is 23.2. The van der Waals surface area contributed by atoms with Gasteiger partial charge in [0.15, 0.2) is 0 Å². The molecule has 0 aliphatic heterocycles. The Morgan fingerprint density at radius 2 is 1.81 bits per heavy atom. The van der Waals surface area contributed by atoms with E-state index in [1.165, 1.54) is 10.4 Å². The van der Waals surface area contributed by atoms with Crippen LogP contribution in [0.1, 0.15) is 24.2 Å². The van der Waals surface area contributed by atoms with Gasteiger partial charge in [-0.15, -0.1) is 10.2 Å². The molecule has 0 aliphatic carbocycles. The number of nitrogens with zero attached hydrogens (tertiary/aromatic N) is 4. The van der Waals surface area contributed by atoms with Crippen LogP contribution >= 0.6 is 11.6 Å². The van der Waals surface area contributed by atoms with Gasteiger partial charge in [0.1, 0.15) is 0 Å². The molecule has 0 radical (unpaired) electrons. The molecule has 1 heterocycles. The fourth-order valence-corrected chi connectivity index (χ4v) is 2.59. The van der Waals surface area contributed by atoms with Crippen molar-refractivity contribution in [2.24, 2.45) is 0 Å². The van der Waals surface area contributed by atoms with Crippen molar-refractivity contribution in [3.8, 4) is 11.4 Å². The fraction of sp³-hybridized carbons (Fsp3) is 0.316. The predicted molar refractivity (Wildman–Crippen MR) is 99.8 cm³/mol. The number of hydrogen-bond acceptors (Lipinski definition) is 5. The minimum atomic E-state index is -0.732. The molecule has 0 fully saturated rings. The normalized spacial score (nSPS) is 13.5. The van der Waals surface area contributed by atoms with Gasteiger partial charge in [0, 0.05) is 10.6 Å². The molecule has 6 nitrogen and oxygen atoms in total. The molecule has 136 valence electrons. The molecule has 1 aromatic heterocycles. The Labute approximate surface area is 157 Å². The summed E-state index contributed by atoms with van der Waals surface area (Å²) < 4.78 is 5.72. The summed E-state index contributed by atoms with van der Waals surface area (Å²) in [6.07, 6.45) is -0.876. The van der Waals surface area contributed by atoms with Gasteiger partial charge in [0.2, 0.25) is 5.82 Å². The zero-order valence-corrected chi connectivity index (χ0v) is 15.5. The van der Waals surface area contributed by atoms with Gasteiger partial charge in [-0.3, -0.25) is 0 Å². The molecule has 0 saturated carbocycles. The maximum atomic E-state index is 10.2. The third-order valence-corrected chi connectivity index (χ3v) is 4.27. The van der Waals surface area contributed by atoms with Crippen molar-refractivity contribution >= 4 is 11.6 Å². The second kappa shape index (κ2) is 8.40. The van der Waals surface area contributed by atoms with Crippen molar-refractivity contribution in [1.82, 2.24) is 20.2 Å². The second-order valence-electron chi connectivity index (χ2n) is 6.21. The van der Waals surface area contributed by atoms with E-state index in [2.05, 4.69) is 15.4 Å². The van der Waals surface area contributed by atoms with Gasteiger partial charge in [-0.05, 0) is 36.8 Å². The Hall–Kier alpha value is -2.28. The minimum Gasteiger partial charge on any atom is -0.389 e. The number of aliphatic hydroxyl groups excluding tert-OH is 1. The largest absolute Gasteiger partial charge is 0.389 e. The number of benzene rings is 2. The molecule has 3 aromatic rings. The zero-order valence-electron chi connectivity index (χ0n) is 14.7. The number of ether oxygens (including phenoxy) is 1. The van der Waals surface area contributed by atoms with E-state index in [0.717, 1.165) is 11.1 Å². The molecule has 1 N–H and O–H groups in total. The van der Waals surface area contributed by atoms with Crippen molar-refractivity contribution < 1.29 is 9.84 Å². The smallest absolute Gasteiger partial charge is 0.204 e. The van der Waals surface area contributed by atoms with E-state index in [1.54, 1.807) is 0 Å². The SMILES string of the molecule is Cc1ccc(-c2nnn(C[C@H](O)CO[C@H](C)c3ccc(Cl)cc3)n2)cc1. The summed E-state index contributed by atoms with van der Waals surface area (Å²) in [6, 6.07) is 15.3. The van der Waals surface area contributed by atoms with Gasteiger partial charge in [0.05, 0.1) is 25.4 Å². The second-order valence-corrected chi connectivity index (χ2v) is 6.65. The predicted octanol–water partition coefficient (Wildman–Crippen LogP) is 3.44. The molecule has 2 aromatic carbocycles. The van der Waals surface area contributed by atoms with Crippen molar-refractivity contribution in [2.45, 2.75) is 32.6 Å². The lowest BCUT2D eigenvalue weighted by atomic mass is 10.1. The minimum absolute atomic E-state index is 0.145. The van der Waals surface area contributed by atoms with Crippen LogP contribution in [-0.2, 0) is 11.3 Å². The first-order valence-electron chi connectivity index (χ1n) is 8.41. The Balaban J connectivity index is 1.52. The third-order valence-electron chi connectivity index (χ3n) is 4.01. The Morgan fingerprint density at radius 3 is 2.50 bits per heavy atom. The molecule has 0 aliphatic rings. The molecular weight excluding hydrogens is 352 g/mol. The highest BCUT2D eigenvalue weighted by Gasteiger charge is 2.13. The molecule has 0 unspecified atom stereocenters.